The highest BCUT2D eigenvalue weighted by Crippen LogP contribution is 2.48. The number of hydrogen-bond donors (Lipinski definition) is 2. The maximum atomic E-state index is 11.8. The highest BCUT2D eigenvalue weighted by atomic mass is 16.1. The molecule has 2 rings (SSSR count). The van der Waals surface area contributed by atoms with Gasteiger partial charge in [-0.3, -0.25) is 4.79 Å². The Balaban J connectivity index is 1.86. The second-order valence-corrected chi connectivity index (χ2v) is 5.58. The standard InChI is InChI=1S/C16H24N2O/c1-13-6-3-4-7-14(13)16(9-10-16)12-18-15(19)8-5-11-17-2/h3-4,6-7,17H,5,8-12H2,1-2H3,(H,18,19). The Labute approximate surface area is 115 Å². The van der Waals surface area contributed by atoms with Crippen LogP contribution >= 0.6 is 0 Å². The summed E-state index contributed by atoms with van der Waals surface area (Å²) in [5.74, 6) is 0.176. The summed E-state index contributed by atoms with van der Waals surface area (Å²) in [4.78, 5) is 11.8. The molecule has 0 bridgehead atoms. The first kappa shape index (κ1) is 14.1. The maximum Gasteiger partial charge on any atom is 0.220 e. The molecule has 1 aromatic carbocycles. The lowest BCUT2D eigenvalue weighted by atomic mass is 9.92. The van der Waals surface area contributed by atoms with Gasteiger partial charge in [0.05, 0.1) is 0 Å². The van der Waals surface area contributed by atoms with Gasteiger partial charge in [0, 0.05) is 18.4 Å². The lowest BCUT2D eigenvalue weighted by Gasteiger charge is -2.19. The molecule has 0 aliphatic heterocycles. The third-order valence-electron chi connectivity index (χ3n) is 4.02. The van der Waals surface area contributed by atoms with Crippen molar-refractivity contribution in [2.75, 3.05) is 20.1 Å². The maximum absolute atomic E-state index is 11.8. The van der Waals surface area contributed by atoms with E-state index < -0.39 is 0 Å². The molecule has 1 amide bonds. The molecule has 1 saturated carbocycles. The average Bonchev–Trinajstić information content (AvgIpc) is 3.18. The van der Waals surface area contributed by atoms with E-state index in [1.165, 1.54) is 24.0 Å². The van der Waals surface area contributed by atoms with Gasteiger partial charge in [0.1, 0.15) is 0 Å². The second kappa shape index (κ2) is 6.20. The Morgan fingerprint density at radius 1 is 1.32 bits per heavy atom. The number of aryl methyl sites for hydroxylation is 1. The van der Waals surface area contributed by atoms with Gasteiger partial charge < -0.3 is 10.6 Å². The number of rotatable bonds is 7. The Morgan fingerprint density at radius 2 is 2.05 bits per heavy atom. The highest BCUT2D eigenvalue weighted by Gasteiger charge is 2.44. The van der Waals surface area contributed by atoms with Gasteiger partial charge in [-0.15, -0.1) is 0 Å². The van der Waals surface area contributed by atoms with Crippen LogP contribution in [0.25, 0.3) is 0 Å². The van der Waals surface area contributed by atoms with Crippen molar-refractivity contribution >= 4 is 5.91 Å². The van der Waals surface area contributed by atoms with Crippen LogP contribution in [0.15, 0.2) is 24.3 Å². The highest BCUT2D eigenvalue weighted by molar-refractivity contribution is 5.76. The molecule has 104 valence electrons. The molecule has 0 saturated heterocycles. The van der Waals surface area contributed by atoms with Gasteiger partial charge in [0.2, 0.25) is 5.91 Å². The van der Waals surface area contributed by atoms with Gasteiger partial charge in [-0.2, -0.15) is 0 Å². The molecule has 0 spiro atoms. The number of carbonyl (C=O) groups excluding carboxylic acids is 1. The molecule has 0 aromatic heterocycles. The SMILES string of the molecule is CNCCCC(=O)NCC1(c2ccccc2C)CC1. The molecule has 0 radical (unpaired) electrons. The summed E-state index contributed by atoms with van der Waals surface area (Å²) in [7, 11) is 1.91. The monoisotopic (exact) mass is 260 g/mol. The zero-order chi connectivity index (χ0) is 13.7. The van der Waals surface area contributed by atoms with Crippen molar-refractivity contribution in [3.05, 3.63) is 35.4 Å². The number of benzene rings is 1. The fraction of sp³-hybridized carbons (Fsp3) is 0.562. The van der Waals surface area contributed by atoms with E-state index in [-0.39, 0.29) is 11.3 Å². The lowest BCUT2D eigenvalue weighted by Crippen LogP contribution is -2.32. The van der Waals surface area contributed by atoms with Crippen LogP contribution in [0.2, 0.25) is 0 Å². The summed E-state index contributed by atoms with van der Waals surface area (Å²) in [5.41, 5.74) is 2.96. The summed E-state index contributed by atoms with van der Waals surface area (Å²) in [6, 6.07) is 8.53. The van der Waals surface area contributed by atoms with Crippen molar-refractivity contribution in [2.45, 2.75) is 38.0 Å². The normalized spacial score (nSPS) is 16.1. The van der Waals surface area contributed by atoms with Crippen LogP contribution in [0.5, 0.6) is 0 Å². The molecule has 19 heavy (non-hydrogen) atoms. The Hall–Kier alpha value is -1.35. The van der Waals surface area contributed by atoms with E-state index >= 15 is 0 Å². The largest absolute Gasteiger partial charge is 0.355 e. The van der Waals surface area contributed by atoms with E-state index in [1.807, 2.05) is 7.05 Å². The van der Waals surface area contributed by atoms with Crippen molar-refractivity contribution < 1.29 is 4.79 Å². The molecule has 0 unspecified atom stereocenters. The van der Waals surface area contributed by atoms with E-state index in [9.17, 15) is 4.79 Å². The molecule has 1 aliphatic rings. The lowest BCUT2D eigenvalue weighted by molar-refractivity contribution is -0.121. The molecule has 0 atom stereocenters. The van der Waals surface area contributed by atoms with E-state index in [1.54, 1.807) is 0 Å². The second-order valence-electron chi connectivity index (χ2n) is 5.58. The molecule has 1 fully saturated rings. The van der Waals surface area contributed by atoms with Gasteiger partial charge in [-0.1, -0.05) is 24.3 Å². The van der Waals surface area contributed by atoms with Gasteiger partial charge in [0.15, 0.2) is 0 Å². The Kier molecular flexibility index (Phi) is 4.59. The van der Waals surface area contributed by atoms with Crippen molar-refractivity contribution in [3.63, 3.8) is 0 Å². The number of nitrogens with one attached hydrogen (secondary N) is 2. The quantitative estimate of drug-likeness (QED) is 0.738. The third-order valence-corrected chi connectivity index (χ3v) is 4.02. The first-order valence-electron chi connectivity index (χ1n) is 7.15. The predicted molar refractivity (Wildman–Crippen MR) is 78.3 cm³/mol. The Morgan fingerprint density at radius 3 is 2.68 bits per heavy atom. The molecule has 3 heteroatoms. The summed E-state index contributed by atoms with van der Waals surface area (Å²) in [5, 5.41) is 6.16. The molecular formula is C16H24N2O. The van der Waals surface area contributed by atoms with E-state index in [0.29, 0.717) is 6.42 Å². The van der Waals surface area contributed by atoms with Crippen LogP contribution in [0, 0.1) is 6.92 Å². The molecule has 0 heterocycles. The summed E-state index contributed by atoms with van der Waals surface area (Å²) >= 11 is 0. The molecule has 2 N–H and O–H groups in total. The van der Waals surface area contributed by atoms with Crippen LogP contribution in [-0.2, 0) is 10.2 Å². The average molecular weight is 260 g/mol. The number of carbonyl (C=O) groups is 1. The number of hydrogen-bond acceptors (Lipinski definition) is 2. The van der Waals surface area contributed by atoms with E-state index in [0.717, 1.165) is 19.5 Å². The van der Waals surface area contributed by atoms with Crippen LogP contribution in [0.1, 0.15) is 36.8 Å². The minimum Gasteiger partial charge on any atom is -0.355 e. The topological polar surface area (TPSA) is 41.1 Å². The molecule has 1 aliphatic carbocycles. The minimum atomic E-state index is 0.176. The van der Waals surface area contributed by atoms with Gasteiger partial charge >= 0.3 is 0 Å². The Bertz CT molecular complexity index is 438. The summed E-state index contributed by atoms with van der Waals surface area (Å²) < 4.78 is 0. The van der Waals surface area contributed by atoms with Gasteiger partial charge in [-0.25, -0.2) is 0 Å². The van der Waals surface area contributed by atoms with Crippen molar-refractivity contribution in [1.82, 2.24) is 10.6 Å². The smallest absolute Gasteiger partial charge is 0.220 e. The van der Waals surface area contributed by atoms with Gasteiger partial charge in [-0.05, 0) is 50.9 Å². The van der Waals surface area contributed by atoms with E-state index in [2.05, 4.69) is 41.8 Å². The first-order valence-corrected chi connectivity index (χ1v) is 7.15. The van der Waals surface area contributed by atoms with Crippen LogP contribution in [0.4, 0.5) is 0 Å². The van der Waals surface area contributed by atoms with Crippen molar-refractivity contribution in [1.29, 1.82) is 0 Å². The van der Waals surface area contributed by atoms with Crippen molar-refractivity contribution in [2.24, 2.45) is 0 Å². The molecular weight excluding hydrogens is 236 g/mol. The predicted octanol–water partition coefficient (Wildman–Crippen LogP) is 2.14. The van der Waals surface area contributed by atoms with Crippen LogP contribution in [-0.4, -0.2) is 26.0 Å². The molecule has 1 aromatic rings. The fourth-order valence-electron chi connectivity index (χ4n) is 2.64. The first-order chi connectivity index (χ1) is 9.18. The van der Waals surface area contributed by atoms with E-state index in [4.69, 9.17) is 0 Å². The van der Waals surface area contributed by atoms with Gasteiger partial charge in [0.25, 0.3) is 0 Å². The van der Waals surface area contributed by atoms with Crippen LogP contribution < -0.4 is 10.6 Å². The summed E-state index contributed by atoms with van der Waals surface area (Å²) in [6.07, 6.45) is 3.90. The minimum absolute atomic E-state index is 0.176. The van der Waals surface area contributed by atoms with Crippen LogP contribution in [0.3, 0.4) is 0 Å². The fourth-order valence-corrected chi connectivity index (χ4v) is 2.64. The summed E-state index contributed by atoms with van der Waals surface area (Å²) in [6.45, 7) is 3.84. The molecule has 3 nitrogen and oxygen atoms in total. The zero-order valence-corrected chi connectivity index (χ0v) is 12.0. The third kappa shape index (κ3) is 3.57. The zero-order valence-electron chi connectivity index (χ0n) is 12.0. The number of amides is 1. The van der Waals surface area contributed by atoms with Crippen molar-refractivity contribution in [3.8, 4) is 0 Å².